The van der Waals surface area contributed by atoms with Crippen molar-refractivity contribution in [3.8, 4) is 5.75 Å². The number of carbonyl (C=O) groups excluding carboxylic acids is 2. The Balaban J connectivity index is 1.79. The van der Waals surface area contributed by atoms with Crippen molar-refractivity contribution in [2.24, 2.45) is 5.92 Å². The number of hydrogen-bond donors (Lipinski definition) is 0. The van der Waals surface area contributed by atoms with Crippen LogP contribution in [0.4, 0.5) is 0 Å². The highest BCUT2D eigenvalue weighted by Crippen LogP contribution is 2.14. The van der Waals surface area contributed by atoms with Gasteiger partial charge in [-0.25, -0.2) is 0 Å². The van der Waals surface area contributed by atoms with E-state index in [1.165, 1.54) is 6.92 Å². The smallest absolute Gasteiger partial charge is 0.260 e. The lowest BCUT2D eigenvalue weighted by Crippen LogP contribution is -2.50. The topological polar surface area (TPSA) is 49.9 Å². The molecule has 0 spiro atoms. The molecular formula is C18H26N2O3. The molecule has 1 aromatic rings. The second-order valence-corrected chi connectivity index (χ2v) is 6.45. The molecule has 0 N–H and O–H groups in total. The summed E-state index contributed by atoms with van der Waals surface area (Å²) in [5.41, 5.74) is 0.595. The van der Waals surface area contributed by atoms with Crippen molar-refractivity contribution in [2.75, 3.05) is 39.3 Å². The summed E-state index contributed by atoms with van der Waals surface area (Å²) in [5.74, 6) is 1.20. The monoisotopic (exact) mass is 318 g/mol. The number of ketones is 1. The summed E-state index contributed by atoms with van der Waals surface area (Å²) in [5, 5.41) is 0. The Hall–Kier alpha value is -1.88. The number of rotatable bonds is 6. The van der Waals surface area contributed by atoms with Gasteiger partial charge in [0, 0.05) is 38.3 Å². The average Bonchev–Trinajstić information content (AvgIpc) is 2.53. The summed E-state index contributed by atoms with van der Waals surface area (Å²) in [4.78, 5) is 27.8. The number of nitrogens with zero attached hydrogens (tertiary/aromatic N) is 2. The second-order valence-electron chi connectivity index (χ2n) is 6.45. The van der Waals surface area contributed by atoms with Crippen molar-refractivity contribution in [2.45, 2.75) is 20.8 Å². The van der Waals surface area contributed by atoms with E-state index < -0.39 is 0 Å². The number of hydrogen-bond acceptors (Lipinski definition) is 4. The maximum absolute atomic E-state index is 12.2. The molecular weight excluding hydrogens is 292 g/mol. The van der Waals surface area contributed by atoms with Crippen molar-refractivity contribution in [1.29, 1.82) is 0 Å². The molecule has 0 saturated carbocycles. The number of piperazine rings is 1. The fraction of sp³-hybridized carbons (Fsp3) is 0.556. The molecule has 1 saturated heterocycles. The molecule has 1 aromatic carbocycles. The first-order valence-corrected chi connectivity index (χ1v) is 8.19. The van der Waals surface area contributed by atoms with E-state index in [-0.39, 0.29) is 18.3 Å². The molecule has 0 radical (unpaired) electrons. The summed E-state index contributed by atoms with van der Waals surface area (Å²) < 4.78 is 5.55. The molecule has 126 valence electrons. The summed E-state index contributed by atoms with van der Waals surface area (Å²) in [6.45, 7) is 10.4. The second kappa shape index (κ2) is 8.11. The van der Waals surface area contributed by atoms with Gasteiger partial charge in [0.2, 0.25) is 0 Å². The van der Waals surface area contributed by atoms with Crippen molar-refractivity contribution >= 4 is 11.7 Å². The highest BCUT2D eigenvalue weighted by molar-refractivity contribution is 5.94. The molecule has 2 rings (SSSR count). The van der Waals surface area contributed by atoms with Gasteiger partial charge in [0.15, 0.2) is 12.4 Å². The molecule has 0 aliphatic carbocycles. The van der Waals surface area contributed by atoms with E-state index in [0.717, 1.165) is 32.7 Å². The van der Waals surface area contributed by atoms with Crippen LogP contribution in [0.2, 0.25) is 0 Å². The highest BCUT2D eigenvalue weighted by Gasteiger charge is 2.21. The maximum atomic E-state index is 12.2. The molecule has 0 aromatic heterocycles. The molecule has 5 nitrogen and oxygen atoms in total. The predicted octanol–water partition coefficient (Wildman–Crippen LogP) is 2.07. The number of amides is 1. The van der Waals surface area contributed by atoms with Gasteiger partial charge < -0.3 is 9.64 Å². The third-order valence-electron chi connectivity index (χ3n) is 3.95. The van der Waals surface area contributed by atoms with Crippen LogP contribution in [0.5, 0.6) is 5.75 Å². The minimum Gasteiger partial charge on any atom is -0.484 e. The molecule has 1 fully saturated rings. The molecule has 1 amide bonds. The van der Waals surface area contributed by atoms with E-state index >= 15 is 0 Å². The van der Waals surface area contributed by atoms with Crippen molar-refractivity contribution in [3.05, 3.63) is 29.8 Å². The number of ether oxygens (including phenoxy) is 1. The fourth-order valence-electron chi connectivity index (χ4n) is 2.74. The Bertz CT molecular complexity index is 549. The Morgan fingerprint density at radius 1 is 1.17 bits per heavy atom. The first-order chi connectivity index (χ1) is 11.0. The Morgan fingerprint density at radius 3 is 2.48 bits per heavy atom. The van der Waals surface area contributed by atoms with Crippen LogP contribution < -0.4 is 4.74 Å². The molecule has 23 heavy (non-hydrogen) atoms. The average molecular weight is 318 g/mol. The predicted molar refractivity (Wildman–Crippen MR) is 89.8 cm³/mol. The van der Waals surface area contributed by atoms with Gasteiger partial charge in [-0.3, -0.25) is 14.5 Å². The molecule has 1 aliphatic rings. The van der Waals surface area contributed by atoms with Gasteiger partial charge in [-0.15, -0.1) is 0 Å². The summed E-state index contributed by atoms with van der Waals surface area (Å²) in [7, 11) is 0. The molecule has 0 bridgehead atoms. The van der Waals surface area contributed by atoms with Gasteiger partial charge in [0.05, 0.1) is 0 Å². The van der Waals surface area contributed by atoms with Gasteiger partial charge in [-0.2, -0.15) is 0 Å². The molecule has 1 heterocycles. The Kier molecular flexibility index (Phi) is 6.16. The summed E-state index contributed by atoms with van der Waals surface area (Å²) >= 11 is 0. The number of benzene rings is 1. The van der Waals surface area contributed by atoms with Gasteiger partial charge in [0.25, 0.3) is 5.91 Å². The van der Waals surface area contributed by atoms with Gasteiger partial charge in [0.1, 0.15) is 5.75 Å². The summed E-state index contributed by atoms with van der Waals surface area (Å²) in [6.07, 6.45) is 0. The maximum Gasteiger partial charge on any atom is 0.260 e. The van der Waals surface area contributed by atoms with Crippen LogP contribution in [0.1, 0.15) is 31.1 Å². The van der Waals surface area contributed by atoms with E-state index in [4.69, 9.17) is 4.74 Å². The minimum absolute atomic E-state index is 0.00225. The Morgan fingerprint density at radius 2 is 1.87 bits per heavy atom. The SMILES string of the molecule is CC(=O)c1cccc(OCC(=O)N2CCN(CC(C)C)CC2)c1. The van der Waals surface area contributed by atoms with Crippen molar-refractivity contribution in [3.63, 3.8) is 0 Å². The van der Waals surface area contributed by atoms with Gasteiger partial charge in [-0.1, -0.05) is 26.0 Å². The standard InChI is InChI=1S/C18H26N2O3/c1-14(2)12-19-7-9-20(10-8-19)18(22)13-23-17-6-4-5-16(11-17)15(3)21/h4-6,11,14H,7-10,12-13H2,1-3H3. The van der Waals surface area contributed by atoms with E-state index in [2.05, 4.69) is 18.7 Å². The van der Waals surface area contributed by atoms with E-state index in [0.29, 0.717) is 17.2 Å². The normalized spacial score (nSPS) is 15.7. The molecule has 1 aliphatic heterocycles. The highest BCUT2D eigenvalue weighted by atomic mass is 16.5. The van der Waals surface area contributed by atoms with Crippen LogP contribution in [-0.2, 0) is 4.79 Å². The number of Topliss-reactive ketones (excluding diaryl/α,β-unsaturated/α-hetero) is 1. The lowest BCUT2D eigenvalue weighted by atomic mass is 10.1. The Labute approximate surface area is 138 Å². The first-order valence-electron chi connectivity index (χ1n) is 8.19. The van der Waals surface area contributed by atoms with Crippen LogP contribution in [0.25, 0.3) is 0 Å². The minimum atomic E-state index is -0.0111. The van der Waals surface area contributed by atoms with Crippen LogP contribution in [0.3, 0.4) is 0 Å². The number of carbonyl (C=O) groups is 2. The quantitative estimate of drug-likeness (QED) is 0.754. The first kappa shape index (κ1) is 17.5. The van der Waals surface area contributed by atoms with Crippen molar-refractivity contribution in [1.82, 2.24) is 9.80 Å². The van der Waals surface area contributed by atoms with Crippen molar-refractivity contribution < 1.29 is 14.3 Å². The van der Waals surface area contributed by atoms with Gasteiger partial charge in [-0.05, 0) is 25.0 Å². The van der Waals surface area contributed by atoms with Crippen LogP contribution in [-0.4, -0.2) is 60.8 Å². The van der Waals surface area contributed by atoms with Crippen LogP contribution in [0.15, 0.2) is 24.3 Å². The lowest BCUT2D eigenvalue weighted by molar-refractivity contribution is -0.135. The van der Waals surface area contributed by atoms with Crippen LogP contribution >= 0.6 is 0 Å². The van der Waals surface area contributed by atoms with Gasteiger partial charge >= 0.3 is 0 Å². The zero-order valence-electron chi connectivity index (χ0n) is 14.2. The zero-order valence-corrected chi connectivity index (χ0v) is 14.2. The lowest BCUT2D eigenvalue weighted by Gasteiger charge is -2.35. The van der Waals surface area contributed by atoms with E-state index in [1.54, 1.807) is 24.3 Å². The molecule has 5 heteroatoms. The summed E-state index contributed by atoms with van der Waals surface area (Å²) in [6, 6.07) is 6.95. The largest absolute Gasteiger partial charge is 0.484 e. The zero-order chi connectivity index (χ0) is 16.8. The fourth-order valence-corrected chi connectivity index (χ4v) is 2.74. The third kappa shape index (κ3) is 5.36. The molecule has 0 unspecified atom stereocenters. The van der Waals surface area contributed by atoms with E-state index in [9.17, 15) is 9.59 Å². The third-order valence-corrected chi connectivity index (χ3v) is 3.95. The van der Waals surface area contributed by atoms with Crippen LogP contribution in [0, 0.1) is 5.92 Å². The molecule has 0 atom stereocenters. The van der Waals surface area contributed by atoms with E-state index in [1.807, 2.05) is 4.90 Å².